The van der Waals surface area contributed by atoms with Crippen LogP contribution in [0.5, 0.6) is 0 Å². The molecule has 7 heteroatoms. The Morgan fingerprint density at radius 1 is 0.897 bits per heavy atom. The maximum atomic E-state index is 12.2. The number of rotatable bonds is 7. The van der Waals surface area contributed by atoms with Crippen LogP contribution >= 0.6 is 0 Å². The van der Waals surface area contributed by atoms with Crippen molar-refractivity contribution >= 4 is 18.0 Å². The van der Waals surface area contributed by atoms with Crippen molar-refractivity contribution in [2.24, 2.45) is 0 Å². The lowest BCUT2D eigenvalue weighted by molar-refractivity contribution is -0.154. The van der Waals surface area contributed by atoms with Crippen LogP contribution < -0.4 is 5.32 Å². The predicted octanol–water partition coefficient (Wildman–Crippen LogP) is 3.57. The first kappa shape index (κ1) is 24.5. The van der Waals surface area contributed by atoms with Crippen LogP contribution in [0.15, 0.2) is 24.3 Å². The molecule has 1 aromatic carbocycles. The minimum atomic E-state index is -0.874. The van der Waals surface area contributed by atoms with Gasteiger partial charge in [-0.1, -0.05) is 24.3 Å². The molecule has 0 aliphatic rings. The first-order valence-electron chi connectivity index (χ1n) is 9.75. The van der Waals surface area contributed by atoms with Gasteiger partial charge in [0.05, 0.1) is 13.0 Å². The SMILES string of the molecule is CCOC(=O)C(Cc1ccc(CC(=O)OC(C)(C)C)cc1)NC(=O)OC(C)(C)C. The van der Waals surface area contributed by atoms with E-state index in [1.54, 1.807) is 39.8 Å². The van der Waals surface area contributed by atoms with Gasteiger partial charge in [0.2, 0.25) is 0 Å². The molecular formula is C22H33NO6. The Hall–Kier alpha value is -2.57. The van der Waals surface area contributed by atoms with E-state index in [2.05, 4.69) is 5.32 Å². The highest BCUT2D eigenvalue weighted by molar-refractivity contribution is 5.81. The van der Waals surface area contributed by atoms with Gasteiger partial charge in [0.15, 0.2) is 0 Å². The third-order valence-corrected chi connectivity index (χ3v) is 3.49. The van der Waals surface area contributed by atoms with E-state index in [9.17, 15) is 14.4 Å². The molecule has 0 fully saturated rings. The normalized spacial score (nSPS) is 12.7. The molecule has 0 spiro atoms. The summed E-state index contributed by atoms with van der Waals surface area (Å²) >= 11 is 0. The maximum Gasteiger partial charge on any atom is 0.408 e. The molecular weight excluding hydrogens is 374 g/mol. The van der Waals surface area contributed by atoms with Crippen molar-refractivity contribution in [1.29, 1.82) is 0 Å². The Kier molecular flexibility index (Phi) is 8.67. The number of esters is 2. The van der Waals surface area contributed by atoms with Gasteiger partial charge < -0.3 is 19.5 Å². The molecule has 0 bridgehead atoms. The number of hydrogen-bond donors (Lipinski definition) is 1. The Labute approximate surface area is 173 Å². The topological polar surface area (TPSA) is 90.9 Å². The van der Waals surface area contributed by atoms with Crippen molar-refractivity contribution in [3.63, 3.8) is 0 Å². The van der Waals surface area contributed by atoms with Crippen LogP contribution in [0.25, 0.3) is 0 Å². The second-order valence-corrected chi connectivity index (χ2v) is 8.73. The fourth-order valence-corrected chi connectivity index (χ4v) is 2.46. The van der Waals surface area contributed by atoms with Crippen LogP contribution in [-0.2, 0) is 36.6 Å². The fraction of sp³-hybridized carbons (Fsp3) is 0.591. The van der Waals surface area contributed by atoms with Crippen LogP contribution in [0.4, 0.5) is 4.79 Å². The van der Waals surface area contributed by atoms with E-state index in [1.807, 2.05) is 32.9 Å². The lowest BCUT2D eigenvalue weighted by Crippen LogP contribution is -2.45. The predicted molar refractivity (Wildman–Crippen MR) is 109 cm³/mol. The zero-order chi connectivity index (χ0) is 22.2. The molecule has 162 valence electrons. The summed E-state index contributed by atoms with van der Waals surface area (Å²) in [5.41, 5.74) is 0.409. The van der Waals surface area contributed by atoms with Crippen molar-refractivity contribution in [1.82, 2.24) is 5.32 Å². The quantitative estimate of drug-likeness (QED) is 0.549. The minimum absolute atomic E-state index is 0.162. The Morgan fingerprint density at radius 3 is 1.90 bits per heavy atom. The summed E-state index contributed by atoms with van der Waals surface area (Å²) in [7, 11) is 0. The third-order valence-electron chi connectivity index (χ3n) is 3.49. The van der Waals surface area contributed by atoms with Gasteiger partial charge in [-0.3, -0.25) is 4.79 Å². The zero-order valence-corrected chi connectivity index (χ0v) is 18.5. The summed E-state index contributed by atoms with van der Waals surface area (Å²) in [6.45, 7) is 12.6. The van der Waals surface area contributed by atoms with Crippen LogP contribution in [-0.4, -0.2) is 41.9 Å². The Balaban J connectivity index is 2.79. The number of nitrogens with one attached hydrogen (secondary N) is 1. The molecule has 1 rings (SSSR count). The van der Waals surface area contributed by atoms with E-state index in [1.165, 1.54) is 0 Å². The first-order chi connectivity index (χ1) is 13.3. The van der Waals surface area contributed by atoms with Crippen LogP contribution in [0.2, 0.25) is 0 Å². The molecule has 0 aliphatic heterocycles. The van der Waals surface area contributed by atoms with Crippen LogP contribution in [0.1, 0.15) is 59.6 Å². The molecule has 1 atom stereocenters. The highest BCUT2D eigenvalue weighted by atomic mass is 16.6. The van der Waals surface area contributed by atoms with Gasteiger partial charge in [0.25, 0.3) is 0 Å². The number of carbonyl (C=O) groups is 3. The zero-order valence-electron chi connectivity index (χ0n) is 18.5. The summed E-state index contributed by atoms with van der Waals surface area (Å²) in [6, 6.07) is 6.34. The van der Waals surface area contributed by atoms with Crippen LogP contribution in [0, 0.1) is 0 Å². The summed E-state index contributed by atoms with van der Waals surface area (Å²) in [6.07, 6.45) is -0.281. The summed E-state index contributed by atoms with van der Waals surface area (Å²) in [4.78, 5) is 36.2. The summed E-state index contributed by atoms with van der Waals surface area (Å²) in [5.74, 6) is -0.836. The fourth-order valence-electron chi connectivity index (χ4n) is 2.46. The standard InChI is InChI=1S/C22H33NO6/c1-8-27-19(25)17(23-20(26)29-22(5,6)7)13-15-9-11-16(12-10-15)14-18(24)28-21(2,3)4/h9-12,17H,8,13-14H2,1-7H3,(H,23,26). The molecule has 1 amide bonds. The van der Waals surface area contributed by atoms with Crippen molar-refractivity contribution in [2.75, 3.05) is 6.61 Å². The van der Waals surface area contributed by atoms with Gasteiger partial charge in [-0.15, -0.1) is 0 Å². The molecule has 0 aliphatic carbocycles. The largest absolute Gasteiger partial charge is 0.464 e. The molecule has 0 aromatic heterocycles. The van der Waals surface area contributed by atoms with Gasteiger partial charge in [0, 0.05) is 6.42 Å². The third kappa shape index (κ3) is 10.5. The van der Waals surface area contributed by atoms with Crippen molar-refractivity contribution in [3.8, 4) is 0 Å². The molecule has 1 aromatic rings. The van der Waals surface area contributed by atoms with Gasteiger partial charge in [-0.05, 0) is 59.6 Å². The first-order valence-corrected chi connectivity index (χ1v) is 9.75. The second-order valence-electron chi connectivity index (χ2n) is 8.73. The van der Waals surface area contributed by atoms with E-state index in [0.717, 1.165) is 11.1 Å². The second kappa shape index (κ2) is 10.3. The van der Waals surface area contributed by atoms with Crippen molar-refractivity contribution < 1.29 is 28.6 Å². The number of carbonyl (C=O) groups excluding carboxylic acids is 3. The lowest BCUT2D eigenvalue weighted by Gasteiger charge is -2.23. The average molecular weight is 408 g/mol. The van der Waals surface area contributed by atoms with E-state index in [-0.39, 0.29) is 25.4 Å². The van der Waals surface area contributed by atoms with Crippen LogP contribution in [0.3, 0.4) is 0 Å². The summed E-state index contributed by atoms with van der Waals surface area (Å²) in [5, 5.41) is 2.57. The molecule has 0 saturated heterocycles. The van der Waals surface area contributed by atoms with Gasteiger partial charge in [-0.25, -0.2) is 9.59 Å². The van der Waals surface area contributed by atoms with E-state index < -0.39 is 29.3 Å². The molecule has 0 radical (unpaired) electrons. The number of amides is 1. The molecule has 0 saturated carbocycles. The highest BCUT2D eigenvalue weighted by Gasteiger charge is 2.25. The smallest absolute Gasteiger partial charge is 0.408 e. The molecule has 0 heterocycles. The number of benzene rings is 1. The number of ether oxygens (including phenoxy) is 3. The van der Waals surface area contributed by atoms with Crippen molar-refractivity contribution in [2.45, 2.75) is 78.6 Å². The number of hydrogen-bond acceptors (Lipinski definition) is 6. The lowest BCUT2D eigenvalue weighted by atomic mass is 10.0. The van der Waals surface area contributed by atoms with E-state index >= 15 is 0 Å². The average Bonchev–Trinajstić information content (AvgIpc) is 2.52. The molecule has 1 unspecified atom stereocenters. The van der Waals surface area contributed by atoms with Crippen molar-refractivity contribution in [3.05, 3.63) is 35.4 Å². The molecule has 1 N–H and O–H groups in total. The van der Waals surface area contributed by atoms with E-state index in [4.69, 9.17) is 14.2 Å². The van der Waals surface area contributed by atoms with Gasteiger partial charge >= 0.3 is 18.0 Å². The van der Waals surface area contributed by atoms with Gasteiger partial charge in [-0.2, -0.15) is 0 Å². The highest BCUT2D eigenvalue weighted by Crippen LogP contribution is 2.13. The monoisotopic (exact) mass is 407 g/mol. The summed E-state index contributed by atoms with van der Waals surface area (Å²) < 4.78 is 15.6. The Bertz CT molecular complexity index is 697. The van der Waals surface area contributed by atoms with Gasteiger partial charge in [0.1, 0.15) is 17.2 Å². The molecule has 7 nitrogen and oxygen atoms in total. The maximum absolute atomic E-state index is 12.2. The van der Waals surface area contributed by atoms with E-state index in [0.29, 0.717) is 0 Å². The Morgan fingerprint density at radius 2 is 1.41 bits per heavy atom. The number of alkyl carbamates (subject to hydrolysis) is 1. The molecule has 29 heavy (non-hydrogen) atoms. The minimum Gasteiger partial charge on any atom is -0.464 e.